The first-order valence-electron chi connectivity index (χ1n) is 7.88. The van der Waals surface area contributed by atoms with Crippen LogP contribution >= 0.6 is 23.4 Å². The normalized spacial score (nSPS) is 12.7. The smallest absolute Gasteiger partial charge is 0.271 e. The van der Waals surface area contributed by atoms with Crippen LogP contribution in [0.3, 0.4) is 0 Å². The molecule has 0 aromatic heterocycles. The predicted octanol–water partition coefficient (Wildman–Crippen LogP) is 1.05. The van der Waals surface area contributed by atoms with Gasteiger partial charge < -0.3 is 21.9 Å². The molecule has 2 aromatic rings. The Bertz CT molecular complexity index is 948. The number of benzene rings is 2. The first-order valence-corrected chi connectivity index (χ1v) is 10.2. The molecule has 4 nitrogen and oxygen atoms in total. The summed E-state index contributed by atoms with van der Waals surface area (Å²) in [4.78, 5) is 4.92. The number of para-hydroxylation sites is 1. The lowest BCUT2D eigenvalue weighted by Crippen LogP contribution is -3.00. The summed E-state index contributed by atoms with van der Waals surface area (Å²) < 4.78 is 23.6. The minimum atomic E-state index is -2.22. The molecule has 0 saturated carbocycles. The van der Waals surface area contributed by atoms with Gasteiger partial charge in [0.2, 0.25) is 4.99 Å². The summed E-state index contributed by atoms with van der Waals surface area (Å²) in [6.45, 7) is 0.573. The van der Waals surface area contributed by atoms with Crippen molar-refractivity contribution in [1.82, 2.24) is 0 Å². The summed E-state index contributed by atoms with van der Waals surface area (Å²) in [5, 5.41) is 0.673. The van der Waals surface area contributed by atoms with Gasteiger partial charge in [-0.2, -0.15) is 8.42 Å². The minimum absolute atomic E-state index is 0. The molecule has 140 valence electrons. The van der Waals surface area contributed by atoms with E-state index in [2.05, 4.69) is 17.0 Å². The van der Waals surface area contributed by atoms with Crippen LogP contribution in [0.4, 0.5) is 11.4 Å². The molecule has 0 saturated heterocycles. The molecule has 0 N–H and O–H groups in total. The van der Waals surface area contributed by atoms with E-state index in [0.717, 1.165) is 21.2 Å². The number of hydrogen-bond acceptors (Lipinski definition) is 4. The Kier molecular flexibility index (Phi) is 6.85. The minimum Gasteiger partial charge on any atom is -1.00 e. The number of quaternary nitrogens is 1. The molecule has 8 heteroatoms. The maximum atomic E-state index is 11.7. The van der Waals surface area contributed by atoms with Crippen molar-refractivity contribution >= 4 is 50.0 Å². The molecule has 0 bridgehead atoms. The van der Waals surface area contributed by atoms with Crippen LogP contribution in [0, 0.1) is 0 Å². The van der Waals surface area contributed by atoms with Gasteiger partial charge in [0, 0.05) is 21.4 Å². The summed E-state index contributed by atoms with van der Waals surface area (Å²) in [5.74, 6) is 0. The molecule has 1 aliphatic heterocycles. The SMILES string of the molecule is C[N+](C)(C)C(CCN1c2ccccc2Sc2ccc(Cl)cc21)=S(=O)=O.[Br-]. The van der Waals surface area contributed by atoms with E-state index in [1.807, 2.05) is 51.5 Å². The maximum Gasteiger partial charge on any atom is 0.271 e. The molecular formula is C18H20BrClN2O2S2. The molecule has 2 aromatic carbocycles. The molecule has 0 radical (unpaired) electrons. The fraction of sp³-hybridized carbons (Fsp3) is 0.278. The lowest BCUT2D eigenvalue weighted by molar-refractivity contribution is -0.775. The van der Waals surface area contributed by atoms with Gasteiger partial charge in [0.15, 0.2) is 0 Å². The summed E-state index contributed by atoms with van der Waals surface area (Å²) in [6.07, 6.45) is 0.449. The molecule has 0 amide bonds. The van der Waals surface area contributed by atoms with Crippen LogP contribution < -0.4 is 21.9 Å². The Morgan fingerprint density at radius 3 is 2.38 bits per heavy atom. The number of hydrogen-bond donors (Lipinski definition) is 0. The van der Waals surface area contributed by atoms with Crippen LogP contribution in [-0.2, 0) is 10.3 Å². The van der Waals surface area contributed by atoms with Gasteiger partial charge in [-0.1, -0.05) is 35.5 Å². The molecule has 0 unspecified atom stereocenters. The third-order valence-electron chi connectivity index (χ3n) is 4.08. The molecular weight excluding hydrogens is 456 g/mol. The zero-order valence-electron chi connectivity index (χ0n) is 14.7. The van der Waals surface area contributed by atoms with E-state index in [-0.39, 0.29) is 17.0 Å². The lowest BCUT2D eigenvalue weighted by Gasteiger charge is -2.33. The van der Waals surface area contributed by atoms with Gasteiger partial charge in [-0.25, -0.2) is 0 Å². The van der Waals surface area contributed by atoms with Crippen molar-refractivity contribution in [3.05, 3.63) is 47.5 Å². The first-order chi connectivity index (χ1) is 11.8. The van der Waals surface area contributed by atoms with Gasteiger partial charge >= 0.3 is 0 Å². The fourth-order valence-corrected chi connectivity index (χ4v) is 4.84. The Balaban J connectivity index is 0.00000243. The van der Waals surface area contributed by atoms with Crippen molar-refractivity contribution in [3.63, 3.8) is 0 Å². The average Bonchev–Trinajstić information content (AvgIpc) is 2.53. The highest BCUT2D eigenvalue weighted by Gasteiger charge is 2.26. The molecule has 0 fully saturated rings. The van der Waals surface area contributed by atoms with Crippen molar-refractivity contribution in [1.29, 1.82) is 0 Å². The summed E-state index contributed by atoms with van der Waals surface area (Å²) in [7, 11) is 3.40. The second kappa shape index (κ2) is 8.35. The zero-order valence-corrected chi connectivity index (χ0v) is 18.7. The number of nitrogens with zero attached hydrogens (tertiary/aromatic N) is 2. The van der Waals surface area contributed by atoms with Crippen LogP contribution in [0.15, 0.2) is 52.3 Å². The van der Waals surface area contributed by atoms with Crippen molar-refractivity contribution in [3.8, 4) is 0 Å². The van der Waals surface area contributed by atoms with E-state index in [9.17, 15) is 8.42 Å². The first kappa shape index (κ1) is 21.3. The highest BCUT2D eigenvalue weighted by atomic mass is 79.9. The summed E-state index contributed by atoms with van der Waals surface area (Å²) in [5.41, 5.74) is 2.10. The van der Waals surface area contributed by atoms with Crippen LogP contribution in [-0.4, -0.2) is 45.6 Å². The van der Waals surface area contributed by atoms with E-state index in [1.165, 1.54) is 0 Å². The number of halogens is 2. The topological polar surface area (TPSA) is 37.4 Å². The van der Waals surface area contributed by atoms with E-state index in [0.29, 0.717) is 27.5 Å². The zero-order chi connectivity index (χ0) is 18.2. The number of fused-ring (bicyclic) bond motifs is 2. The third kappa shape index (κ3) is 4.46. The van der Waals surface area contributed by atoms with Crippen LogP contribution in [0.25, 0.3) is 0 Å². The van der Waals surface area contributed by atoms with Gasteiger partial charge in [-0.05, 0) is 30.3 Å². The van der Waals surface area contributed by atoms with Gasteiger partial charge in [0.05, 0.1) is 38.9 Å². The average molecular weight is 476 g/mol. The van der Waals surface area contributed by atoms with E-state index < -0.39 is 10.3 Å². The summed E-state index contributed by atoms with van der Waals surface area (Å²) >= 11 is 7.92. The standard InChI is InChI=1S/C18H20ClN2O2S2.BrH/c1-21(2,3)18(25(22)23)10-11-20-14-6-4-5-7-16(14)24-17-9-8-13(19)12-15(17)20;/h4-9,12H,10-11H2,1-3H3;1H/q+1;/p-1. The quantitative estimate of drug-likeness (QED) is 0.491. The van der Waals surface area contributed by atoms with Crippen LogP contribution in [0.5, 0.6) is 0 Å². The van der Waals surface area contributed by atoms with Crippen LogP contribution in [0.2, 0.25) is 5.02 Å². The van der Waals surface area contributed by atoms with E-state index >= 15 is 0 Å². The lowest BCUT2D eigenvalue weighted by atomic mass is 10.2. The molecule has 0 aliphatic carbocycles. The highest BCUT2D eigenvalue weighted by molar-refractivity contribution is 7.99. The fourth-order valence-electron chi connectivity index (χ4n) is 2.89. The predicted molar refractivity (Wildman–Crippen MR) is 106 cm³/mol. The Morgan fingerprint density at radius 2 is 1.73 bits per heavy atom. The van der Waals surface area contributed by atoms with Gasteiger partial charge in [0.1, 0.15) is 0 Å². The molecule has 1 heterocycles. The van der Waals surface area contributed by atoms with Crippen molar-refractivity contribution in [2.24, 2.45) is 0 Å². The van der Waals surface area contributed by atoms with Crippen molar-refractivity contribution in [2.75, 3.05) is 32.6 Å². The molecule has 1 aliphatic rings. The molecule has 0 spiro atoms. The molecule has 0 atom stereocenters. The highest BCUT2D eigenvalue weighted by Crippen LogP contribution is 2.48. The van der Waals surface area contributed by atoms with Gasteiger partial charge in [-0.15, -0.1) is 0 Å². The van der Waals surface area contributed by atoms with E-state index in [1.54, 1.807) is 11.8 Å². The number of rotatable bonds is 3. The molecule has 3 rings (SSSR count). The van der Waals surface area contributed by atoms with Crippen molar-refractivity contribution < 1.29 is 29.9 Å². The number of anilines is 2. The Labute approximate surface area is 175 Å². The van der Waals surface area contributed by atoms with Crippen LogP contribution in [0.1, 0.15) is 6.42 Å². The third-order valence-corrected chi connectivity index (χ3v) is 6.58. The summed E-state index contributed by atoms with van der Waals surface area (Å²) in [6, 6.07) is 14.0. The van der Waals surface area contributed by atoms with Crippen molar-refractivity contribution in [2.45, 2.75) is 16.2 Å². The van der Waals surface area contributed by atoms with Gasteiger partial charge in [0.25, 0.3) is 10.3 Å². The Morgan fingerprint density at radius 1 is 1.08 bits per heavy atom. The second-order valence-corrected chi connectivity index (χ2v) is 9.19. The largest absolute Gasteiger partial charge is 1.00 e. The van der Waals surface area contributed by atoms with E-state index in [4.69, 9.17) is 11.6 Å². The second-order valence-electron chi connectivity index (χ2n) is 6.72. The Hall–Kier alpha value is -0.990. The molecule has 26 heavy (non-hydrogen) atoms. The van der Waals surface area contributed by atoms with Gasteiger partial charge in [-0.3, -0.25) is 4.48 Å². The maximum absolute atomic E-state index is 11.7. The monoisotopic (exact) mass is 474 g/mol.